The Balaban J connectivity index is 1.11. The lowest BCUT2D eigenvalue weighted by atomic mass is 9.91. The smallest absolute Gasteiger partial charge is 0.264 e. The van der Waals surface area contributed by atoms with Crippen molar-refractivity contribution in [1.82, 2.24) is 34.0 Å². The van der Waals surface area contributed by atoms with Crippen molar-refractivity contribution in [2.24, 2.45) is 0 Å². The minimum atomic E-state index is -0.993. The molecule has 6 rings (SSSR count). The second-order valence-corrected chi connectivity index (χ2v) is 9.57. The van der Waals surface area contributed by atoms with Crippen molar-refractivity contribution in [3.63, 3.8) is 0 Å². The Kier molecular flexibility index (Phi) is 5.90. The molecule has 10 heteroatoms. The Morgan fingerprint density at radius 3 is 2.41 bits per heavy atom. The lowest BCUT2D eigenvalue weighted by Gasteiger charge is -2.38. The largest absolute Gasteiger partial charge is 0.388 e. The Bertz CT molecular complexity index is 1570. The van der Waals surface area contributed by atoms with Crippen molar-refractivity contribution in [1.29, 1.82) is 0 Å². The van der Waals surface area contributed by atoms with E-state index in [0.717, 1.165) is 25.3 Å². The molecule has 1 aliphatic rings. The highest BCUT2D eigenvalue weighted by atomic mass is 19.1. The first-order valence-electron chi connectivity index (χ1n) is 12.2. The van der Waals surface area contributed by atoms with Crippen LogP contribution >= 0.6 is 0 Å². The van der Waals surface area contributed by atoms with E-state index >= 15 is 0 Å². The number of aliphatic hydroxyl groups is 1. The molecule has 3 aromatic heterocycles. The summed E-state index contributed by atoms with van der Waals surface area (Å²) in [6.45, 7) is 2.42. The van der Waals surface area contributed by atoms with Gasteiger partial charge in [0, 0.05) is 32.0 Å². The van der Waals surface area contributed by atoms with Crippen molar-refractivity contribution >= 4 is 11.0 Å². The van der Waals surface area contributed by atoms with Gasteiger partial charge in [-0.15, -0.1) is 0 Å². The number of rotatable bonds is 6. The number of hydrogen-bond donors (Lipinski definition) is 1. The maximum Gasteiger partial charge on any atom is 0.264 e. The van der Waals surface area contributed by atoms with E-state index in [4.69, 9.17) is 0 Å². The zero-order valence-electron chi connectivity index (χ0n) is 20.1. The van der Waals surface area contributed by atoms with Crippen LogP contribution in [-0.4, -0.2) is 57.8 Å². The zero-order valence-corrected chi connectivity index (χ0v) is 20.1. The molecule has 2 aromatic carbocycles. The number of hydrogen-bond acceptors (Lipinski definition) is 6. The van der Waals surface area contributed by atoms with Gasteiger partial charge in [0.25, 0.3) is 5.56 Å². The van der Waals surface area contributed by atoms with Crippen molar-refractivity contribution in [2.75, 3.05) is 13.1 Å². The van der Waals surface area contributed by atoms with Crippen LogP contribution in [0.4, 0.5) is 4.39 Å². The molecule has 0 radical (unpaired) electrons. The van der Waals surface area contributed by atoms with E-state index in [1.54, 1.807) is 18.3 Å². The standard InChI is InChI=1S/C27H26FN7O2/c28-21-4-8-23(9-5-21)35-25-24(16-31-35)26(36)33(19-29-25)18-27(37)10-14-32(15-11-27)17-20-2-6-22(7-3-20)34-13-1-12-30-34/h1-9,12-13,16,19,37H,10-11,14-15,17-18H2. The van der Waals surface area contributed by atoms with Crippen molar-refractivity contribution in [3.05, 3.63) is 101 Å². The molecule has 0 unspecified atom stereocenters. The normalized spacial score (nSPS) is 15.8. The molecule has 5 aromatic rings. The van der Waals surface area contributed by atoms with Gasteiger partial charge in [-0.2, -0.15) is 10.2 Å². The fourth-order valence-electron chi connectivity index (χ4n) is 4.87. The third-order valence-electron chi connectivity index (χ3n) is 6.99. The number of aromatic nitrogens is 6. The highest BCUT2D eigenvalue weighted by Gasteiger charge is 2.33. The summed E-state index contributed by atoms with van der Waals surface area (Å²) >= 11 is 0. The van der Waals surface area contributed by atoms with Crippen LogP contribution in [0.3, 0.4) is 0 Å². The molecule has 1 saturated heterocycles. The van der Waals surface area contributed by atoms with Gasteiger partial charge < -0.3 is 5.11 Å². The van der Waals surface area contributed by atoms with Gasteiger partial charge in [0.1, 0.15) is 17.5 Å². The Hall–Kier alpha value is -4.15. The molecule has 1 fully saturated rings. The predicted octanol–water partition coefficient (Wildman–Crippen LogP) is 2.93. The van der Waals surface area contributed by atoms with Crippen LogP contribution < -0.4 is 5.56 Å². The average Bonchev–Trinajstić information content (AvgIpc) is 3.59. The van der Waals surface area contributed by atoms with E-state index < -0.39 is 5.60 Å². The lowest BCUT2D eigenvalue weighted by Crippen LogP contribution is -2.47. The van der Waals surface area contributed by atoms with Crippen LogP contribution in [-0.2, 0) is 13.1 Å². The van der Waals surface area contributed by atoms with Crippen LogP contribution in [0.2, 0.25) is 0 Å². The van der Waals surface area contributed by atoms with E-state index in [-0.39, 0.29) is 17.9 Å². The SMILES string of the molecule is O=c1c2cnn(-c3ccc(F)cc3)c2ncn1CC1(O)CCN(Cc2ccc(-n3cccn3)cc2)CC1. The topological polar surface area (TPSA) is 94.0 Å². The van der Waals surface area contributed by atoms with E-state index in [1.165, 1.54) is 39.5 Å². The van der Waals surface area contributed by atoms with Crippen LogP contribution in [0.1, 0.15) is 18.4 Å². The van der Waals surface area contributed by atoms with Crippen LogP contribution in [0.25, 0.3) is 22.4 Å². The van der Waals surface area contributed by atoms with Gasteiger partial charge in [-0.1, -0.05) is 12.1 Å². The third-order valence-corrected chi connectivity index (χ3v) is 6.99. The summed E-state index contributed by atoms with van der Waals surface area (Å²) in [6.07, 6.45) is 7.70. The average molecular weight is 500 g/mol. The zero-order chi connectivity index (χ0) is 25.4. The summed E-state index contributed by atoms with van der Waals surface area (Å²) in [6, 6.07) is 16.0. The second kappa shape index (κ2) is 9.38. The first kappa shape index (κ1) is 23.3. The van der Waals surface area contributed by atoms with Crippen molar-refractivity contribution in [2.45, 2.75) is 31.5 Å². The quantitative estimate of drug-likeness (QED) is 0.386. The molecule has 188 valence electrons. The van der Waals surface area contributed by atoms with Crippen LogP contribution in [0, 0.1) is 5.82 Å². The van der Waals surface area contributed by atoms with Gasteiger partial charge in [-0.25, -0.2) is 18.7 Å². The number of halogens is 1. The van der Waals surface area contributed by atoms with E-state index in [9.17, 15) is 14.3 Å². The van der Waals surface area contributed by atoms with Gasteiger partial charge in [0.15, 0.2) is 5.65 Å². The maximum absolute atomic E-state index is 13.3. The van der Waals surface area contributed by atoms with Crippen molar-refractivity contribution in [3.8, 4) is 11.4 Å². The van der Waals surface area contributed by atoms with Gasteiger partial charge in [-0.05, 0) is 60.9 Å². The molecule has 37 heavy (non-hydrogen) atoms. The molecule has 1 N–H and O–H groups in total. The van der Waals surface area contributed by atoms with Gasteiger partial charge >= 0.3 is 0 Å². The van der Waals surface area contributed by atoms with E-state index in [2.05, 4.69) is 44.3 Å². The number of nitrogens with zero attached hydrogens (tertiary/aromatic N) is 7. The van der Waals surface area contributed by atoms with E-state index in [1.807, 2.05) is 16.9 Å². The third kappa shape index (κ3) is 4.68. The summed E-state index contributed by atoms with van der Waals surface area (Å²) in [7, 11) is 0. The molecule has 1 aliphatic heterocycles. The fraction of sp³-hybridized carbons (Fsp3) is 0.259. The molecule has 0 spiro atoms. The van der Waals surface area contributed by atoms with Crippen LogP contribution in [0.15, 0.2) is 84.3 Å². The molecule has 0 bridgehead atoms. The molecule has 9 nitrogen and oxygen atoms in total. The fourth-order valence-corrected chi connectivity index (χ4v) is 4.87. The first-order chi connectivity index (χ1) is 18.0. The summed E-state index contributed by atoms with van der Waals surface area (Å²) < 4.78 is 18.1. The highest BCUT2D eigenvalue weighted by Crippen LogP contribution is 2.25. The molecule has 0 atom stereocenters. The highest BCUT2D eigenvalue weighted by molar-refractivity contribution is 5.74. The monoisotopic (exact) mass is 499 g/mol. The number of benzene rings is 2. The maximum atomic E-state index is 13.3. The molecule has 4 heterocycles. The summed E-state index contributed by atoms with van der Waals surface area (Å²) in [5, 5.41) is 20.2. The number of piperidine rings is 1. The Labute approximate surface area is 212 Å². The minimum absolute atomic E-state index is 0.170. The van der Waals surface area contributed by atoms with Gasteiger partial charge in [0.05, 0.1) is 29.7 Å². The Morgan fingerprint density at radius 2 is 1.70 bits per heavy atom. The predicted molar refractivity (Wildman–Crippen MR) is 136 cm³/mol. The molecular weight excluding hydrogens is 473 g/mol. The number of likely N-dealkylation sites (tertiary alicyclic amines) is 1. The second-order valence-electron chi connectivity index (χ2n) is 9.57. The van der Waals surface area contributed by atoms with Crippen LogP contribution in [0.5, 0.6) is 0 Å². The molecule has 0 saturated carbocycles. The summed E-state index contributed by atoms with van der Waals surface area (Å²) in [5.41, 5.74) is 1.97. The molecular formula is C27H26FN7O2. The lowest BCUT2D eigenvalue weighted by molar-refractivity contribution is -0.0364. The first-order valence-corrected chi connectivity index (χ1v) is 12.2. The number of fused-ring (bicyclic) bond motifs is 1. The molecule has 0 amide bonds. The Morgan fingerprint density at radius 1 is 0.973 bits per heavy atom. The van der Waals surface area contributed by atoms with E-state index in [0.29, 0.717) is 29.6 Å². The van der Waals surface area contributed by atoms with Gasteiger partial charge in [-0.3, -0.25) is 14.3 Å². The van der Waals surface area contributed by atoms with Crippen molar-refractivity contribution < 1.29 is 9.50 Å². The minimum Gasteiger partial charge on any atom is -0.388 e. The summed E-state index contributed by atoms with van der Waals surface area (Å²) in [5.74, 6) is -0.349. The van der Waals surface area contributed by atoms with Gasteiger partial charge in [0.2, 0.25) is 0 Å². The molecule has 0 aliphatic carbocycles. The summed E-state index contributed by atoms with van der Waals surface area (Å²) in [4.78, 5) is 19.9.